The largest absolute Gasteiger partial charge is 0.481 e. The third-order valence-electron chi connectivity index (χ3n) is 4.05. The lowest BCUT2D eigenvalue weighted by Crippen LogP contribution is -2.54. The molecule has 0 aliphatic carbocycles. The van der Waals surface area contributed by atoms with E-state index < -0.39 is 41.9 Å². The highest BCUT2D eigenvalue weighted by Gasteiger charge is 2.37. The number of carboxylic acids is 2. The van der Waals surface area contributed by atoms with Crippen molar-refractivity contribution in [1.82, 2.24) is 10.2 Å². The van der Waals surface area contributed by atoms with E-state index in [9.17, 15) is 24.3 Å². The van der Waals surface area contributed by atoms with Crippen molar-refractivity contribution >= 4 is 35.5 Å². The van der Waals surface area contributed by atoms with Gasteiger partial charge in [-0.1, -0.05) is 0 Å². The van der Waals surface area contributed by atoms with Gasteiger partial charge in [-0.25, -0.2) is 4.79 Å². The summed E-state index contributed by atoms with van der Waals surface area (Å²) in [6.45, 7) is 0.347. The van der Waals surface area contributed by atoms with Gasteiger partial charge in [0, 0.05) is 13.0 Å². The quantitative estimate of drug-likeness (QED) is 0.399. The average Bonchev–Trinajstić information content (AvgIpc) is 3.04. The molecule has 1 aliphatic heterocycles. The van der Waals surface area contributed by atoms with Gasteiger partial charge in [0.05, 0.1) is 6.04 Å². The fourth-order valence-electron chi connectivity index (χ4n) is 2.68. The predicted octanol–water partition coefficient (Wildman–Crippen LogP) is -0.508. The molecular weight excluding hydrogens is 350 g/mol. The number of hydrogen-bond donors (Lipinski definition) is 4. The van der Waals surface area contributed by atoms with Crippen molar-refractivity contribution in [3.05, 3.63) is 0 Å². The zero-order valence-corrected chi connectivity index (χ0v) is 15.0. The molecule has 0 radical (unpaired) electrons. The van der Waals surface area contributed by atoms with Crippen LogP contribution in [0.3, 0.4) is 0 Å². The number of likely N-dealkylation sites (tertiary alicyclic amines) is 1. The van der Waals surface area contributed by atoms with Crippen molar-refractivity contribution in [3.63, 3.8) is 0 Å². The Morgan fingerprint density at radius 1 is 1.28 bits per heavy atom. The summed E-state index contributed by atoms with van der Waals surface area (Å²) in [5.74, 6) is -2.56. The summed E-state index contributed by atoms with van der Waals surface area (Å²) in [4.78, 5) is 48.0. The average molecular weight is 375 g/mol. The normalized spacial score (nSPS) is 19.3. The number of nitrogens with zero attached hydrogens (tertiary/aromatic N) is 1. The minimum atomic E-state index is -1.11. The van der Waals surface area contributed by atoms with Gasteiger partial charge in [0.1, 0.15) is 12.1 Å². The van der Waals surface area contributed by atoms with Gasteiger partial charge in [-0.15, -0.1) is 0 Å². The second-order valence-electron chi connectivity index (χ2n) is 5.91. The molecule has 1 rings (SSSR count). The Morgan fingerprint density at radius 3 is 2.52 bits per heavy atom. The maximum absolute atomic E-state index is 12.4. The summed E-state index contributed by atoms with van der Waals surface area (Å²) in [6.07, 6.45) is 2.94. The van der Waals surface area contributed by atoms with E-state index in [0.717, 1.165) is 0 Å². The molecule has 0 aromatic heterocycles. The van der Waals surface area contributed by atoms with Gasteiger partial charge in [0.15, 0.2) is 0 Å². The van der Waals surface area contributed by atoms with Crippen LogP contribution in [-0.4, -0.2) is 75.5 Å². The molecule has 0 aromatic rings. The number of carbonyl (C=O) groups excluding carboxylic acids is 2. The number of carboxylic acid groups (broad SMARTS) is 2. The summed E-state index contributed by atoms with van der Waals surface area (Å²) < 4.78 is 0. The molecule has 3 atom stereocenters. The Bertz CT molecular complexity index is 515. The van der Waals surface area contributed by atoms with Crippen LogP contribution in [0, 0.1) is 0 Å². The molecule has 2 amide bonds. The minimum Gasteiger partial charge on any atom is -0.481 e. The van der Waals surface area contributed by atoms with Gasteiger partial charge in [-0.05, 0) is 37.7 Å². The molecule has 142 valence electrons. The lowest BCUT2D eigenvalue weighted by Gasteiger charge is -2.27. The standard InChI is InChI=1S/C15H25N3O6S/c1-25-8-6-10(15(23)24)17-13(21)11-3-2-7-18(11)14(22)9(16)4-5-12(19)20/h9-11H,2-8,16H2,1H3,(H,17,21)(H,19,20)(H,23,24). The van der Waals surface area contributed by atoms with E-state index in [2.05, 4.69) is 5.32 Å². The maximum atomic E-state index is 12.4. The van der Waals surface area contributed by atoms with Crippen molar-refractivity contribution in [2.75, 3.05) is 18.6 Å². The Kier molecular flexibility index (Phi) is 8.70. The summed E-state index contributed by atoms with van der Waals surface area (Å²) in [5.41, 5.74) is 5.74. The lowest BCUT2D eigenvalue weighted by atomic mass is 10.1. The summed E-state index contributed by atoms with van der Waals surface area (Å²) in [7, 11) is 0. The SMILES string of the molecule is CSCCC(NC(=O)C1CCCN1C(=O)C(N)CCC(=O)O)C(=O)O. The fraction of sp³-hybridized carbons (Fsp3) is 0.733. The fourth-order valence-corrected chi connectivity index (χ4v) is 3.15. The van der Waals surface area contributed by atoms with Crippen LogP contribution in [0.4, 0.5) is 0 Å². The van der Waals surface area contributed by atoms with E-state index in [1.165, 1.54) is 16.7 Å². The van der Waals surface area contributed by atoms with Gasteiger partial charge in [0.2, 0.25) is 11.8 Å². The highest BCUT2D eigenvalue weighted by Crippen LogP contribution is 2.19. The molecule has 25 heavy (non-hydrogen) atoms. The van der Waals surface area contributed by atoms with E-state index in [4.69, 9.17) is 10.8 Å². The Hall–Kier alpha value is -1.81. The number of nitrogens with two attached hydrogens (primary N) is 1. The van der Waals surface area contributed by atoms with Gasteiger partial charge < -0.3 is 26.2 Å². The van der Waals surface area contributed by atoms with Crippen LogP contribution in [0.25, 0.3) is 0 Å². The van der Waals surface area contributed by atoms with Gasteiger partial charge in [0.25, 0.3) is 0 Å². The molecule has 0 saturated carbocycles. The summed E-state index contributed by atoms with van der Waals surface area (Å²) >= 11 is 1.48. The monoisotopic (exact) mass is 375 g/mol. The third kappa shape index (κ3) is 6.54. The Balaban J connectivity index is 2.68. The van der Waals surface area contributed by atoms with Crippen LogP contribution < -0.4 is 11.1 Å². The van der Waals surface area contributed by atoms with Gasteiger partial charge in [-0.3, -0.25) is 14.4 Å². The first-order valence-corrected chi connectivity index (χ1v) is 9.47. The second-order valence-corrected chi connectivity index (χ2v) is 6.90. The van der Waals surface area contributed by atoms with Crippen molar-refractivity contribution in [1.29, 1.82) is 0 Å². The molecular formula is C15H25N3O6S. The lowest BCUT2D eigenvalue weighted by molar-refractivity contribution is -0.144. The Morgan fingerprint density at radius 2 is 1.96 bits per heavy atom. The third-order valence-corrected chi connectivity index (χ3v) is 4.69. The van der Waals surface area contributed by atoms with Crippen LogP contribution in [0.5, 0.6) is 0 Å². The molecule has 3 unspecified atom stereocenters. The van der Waals surface area contributed by atoms with Crippen molar-refractivity contribution in [3.8, 4) is 0 Å². The van der Waals surface area contributed by atoms with Crippen molar-refractivity contribution in [2.24, 2.45) is 5.73 Å². The van der Waals surface area contributed by atoms with Crippen molar-refractivity contribution < 1.29 is 29.4 Å². The highest BCUT2D eigenvalue weighted by atomic mass is 32.2. The number of amides is 2. The summed E-state index contributed by atoms with van der Waals surface area (Å²) in [5, 5.41) is 20.4. The predicted molar refractivity (Wildman–Crippen MR) is 92.1 cm³/mol. The Labute approximate surface area is 150 Å². The number of nitrogens with one attached hydrogen (secondary N) is 1. The van der Waals surface area contributed by atoms with Gasteiger partial charge >= 0.3 is 11.9 Å². The topological polar surface area (TPSA) is 150 Å². The van der Waals surface area contributed by atoms with E-state index in [1.807, 2.05) is 6.26 Å². The summed E-state index contributed by atoms with van der Waals surface area (Å²) in [6, 6.07) is -2.76. The number of aliphatic carboxylic acids is 2. The molecule has 9 nitrogen and oxygen atoms in total. The van der Waals surface area contributed by atoms with Crippen LogP contribution in [0.15, 0.2) is 0 Å². The maximum Gasteiger partial charge on any atom is 0.326 e. The molecule has 1 fully saturated rings. The van der Waals surface area contributed by atoms with E-state index in [-0.39, 0.29) is 12.8 Å². The first-order chi connectivity index (χ1) is 11.8. The molecule has 1 saturated heterocycles. The first-order valence-electron chi connectivity index (χ1n) is 8.07. The molecule has 1 aliphatic rings. The highest BCUT2D eigenvalue weighted by molar-refractivity contribution is 7.98. The number of rotatable bonds is 10. The number of hydrogen-bond acceptors (Lipinski definition) is 6. The smallest absolute Gasteiger partial charge is 0.326 e. The van der Waals surface area contributed by atoms with Crippen molar-refractivity contribution in [2.45, 2.75) is 50.2 Å². The zero-order valence-electron chi connectivity index (χ0n) is 14.1. The van der Waals surface area contributed by atoms with E-state index >= 15 is 0 Å². The van der Waals surface area contributed by atoms with Crippen LogP contribution in [0.1, 0.15) is 32.1 Å². The molecule has 5 N–H and O–H groups in total. The minimum absolute atomic E-state index is 0.00944. The van der Waals surface area contributed by atoms with E-state index in [1.54, 1.807) is 0 Å². The first kappa shape index (κ1) is 21.2. The van der Waals surface area contributed by atoms with Crippen LogP contribution in [-0.2, 0) is 19.2 Å². The zero-order chi connectivity index (χ0) is 19.0. The number of thioether (sulfide) groups is 1. The van der Waals surface area contributed by atoms with Gasteiger partial charge in [-0.2, -0.15) is 11.8 Å². The molecule has 0 aromatic carbocycles. The number of carbonyl (C=O) groups is 4. The van der Waals surface area contributed by atoms with E-state index in [0.29, 0.717) is 31.6 Å². The van der Waals surface area contributed by atoms with Crippen LogP contribution >= 0.6 is 11.8 Å². The second kappa shape index (κ2) is 10.2. The molecule has 1 heterocycles. The molecule has 0 spiro atoms. The molecule has 0 bridgehead atoms. The molecule has 10 heteroatoms. The van der Waals surface area contributed by atoms with Crippen LogP contribution in [0.2, 0.25) is 0 Å².